The number of amides is 1. The first-order valence-electron chi connectivity index (χ1n) is 5.04. The standard InChI is InChI=1S/C11H11ClF3NO2/c1-7(6-12)18-10(17)16-9-4-2-8(3-5-9)11(13,14)15/h2-5,7H,6H2,1H3,(H,16,17). The van der Waals surface area contributed by atoms with Gasteiger partial charge in [-0.15, -0.1) is 11.6 Å². The van der Waals surface area contributed by atoms with Crippen LogP contribution in [0, 0.1) is 0 Å². The summed E-state index contributed by atoms with van der Waals surface area (Å²) >= 11 is 5.44. The molecule has 0 aliphatic heterocycles. The predicted octanol–water partition coefficient (Wildman–Crippen LogP) is 3.88. The monoisotopic (exact) mass is 281 g/mol. The summed E-state index contributed by atoms with van der Waals surface area (Å²) in [6.45, 7) is 1.60. The highest BCUT2D eigenvalue weighted by Crippen LogP contribution is 2.29. The first-order valence-corrected chi connectivity index (χ1v) is 5.57. The molecule has 0 bridgehead atoms. The number of nitrogens with one attached hydrogen (secondary N) is 1. The Kier molecular flexibility index (Phi) is 4.84. The molecule has 0 saturated heterocycles. The fraction of sp³-hybridized carbons (Fsp3) is 0.364. The fourth-order valence-corrected chi connectivity index (χ4v) is 1.17. The summed E-state index contributed by atoms with van der Waals surface area (Å²) in [7, 11) is 0. The maximum Gasteiger partial charge on any atom is 0.416 e. The van der Waals surface area contributed by atoms with Crippen LogP contribution >= 0.6 is 11.6 Å². The molecule has 0 radical (unpaired) electrons. The van der Waals surface area contributed by atoms with Gasteiger partial charge in [0.05, 0.1) is 11.4 Å². The van der Waals surface area contributed by atoms with Crippen molar-refractivity contribution in [1.82, 2.24) is 0 Å². The summed E-state index contributed by atoms with van der Waals surface area (Å²) in [6.07, 6.45) is -5.63. The molecule has 1 N–H and O–H groups in total. The molecule has 0 heterocycles. The van der Waals surface area contributed by atoms with Crippen LogP contribution in [0.15, 0.2) is 24.3 Å². The zero-order valence-electron chi connectivity index (χ0n) is 9.42. The molecule has 0 aliphatic rings. The number of alkyl halides is 4. The van der Waals surface area contributed by atoms with Gasteiger partial charge in [-0.3, -0.25) is 5.32 Å². The number of carbonyl (C=O) groups is 1. The van der Waals surface area contributed by atoms with E-state index in [0.29, 0.717) is 0 Å². The Morgan fingerprint density at radius 3 is 2.39 bits per heavy atom. The topological polar surface area (TPSA) is 38.3 Å². The van der Waals surface area contributed by atoms with E-state index >= 15 is 0 Å². The number of hydrogen-bond donors (Lipinski definition) is 1. The lowest BCUT2D eigenvalue weighted by Crippen LogP contribution is -2.21. The molecule has 0 spiro atoms. The minimum atomic E-state index is -4.40. The molecule has 0 saturated carbocycles. The largest absolute Gasteiger partial charge is 0.445 e. The first-order chi connectivity index (χ1) is 8.32. The van der Waals surface area contributed by atoms with E-state index in [2.05, 4.69) is 5.32 Å². The summed E-state index contributed by atoms with van der Waals surface area (Å²) in [5, 5.41) is 2.30. The van der Waals surface area contributed by atoms with Gasteiger partial charge in [0, 0.05) is 5.69 Å². The van der Waals surface area contributed by atoms with Crippen molar-refractivity contribution in [1.29, 1.82) is 0 Å². The van der Waals surface area contributed by atoms with Crippen molar-refractivity contribution in [3.8, 4) is 0 Å². The predicted molar refractivity (Wildman–Crippen MR) is 61.7 cm³/mol. The van der Waals surface area contributed by atoms with Crippen molar-refractivity contribution < 1.29 is 22.7 Å². The molecule has 7 heteroatoms. The molecular weight excluding hydrogens is 271 g/mol. The van der Waals surface area contributed by atoms with Crippen LogP contribution in [-0.2, 0) is 10.9 Å². The second-order valence-electron chi connectivity index (χ2n) is 3.57. The summed E-state index contributed by atoms with van der Waals surface area (Å²) in [5.41, 5.74) is -0.565. The van der Waals surface area contributed by atoms with Crippen LogP contribution < -0.4 is 5.32 Å². The van der Waals surface area contributed by atoms with Crippen LogP contribution in [0.1, 0.15) is 12.5 Å². The van der Waals surface area contributed by atoms with Crippen LogP contribution in [0.5, 0.6) is 0 Å². The Balaban J connectivity index is 2.61. The van der Waals surface area contributed by atoms with Gasteiger partial charge in [0.15, 0.2) is 0 Å². The summed E-state index contributed by atoms with van der Waals surface area (Å²) in [4.78, 5) is 11.2. The average Bonchev–Trinajstić information content (AvgIpc) is 2.28. The van der Waals surface area contributed by atoms with Gasteiger partial charge >= 0.3 is 12.3 Å². The molecule has 0 aliphatic carbocycles. The number of ether oxygens (including phenoxy) is 1. The highest BCUT2D eigenvalue weighted by molar-refractivity contribution is 6.18. The minimum absolute atomic E-state index is 0.139. The number of hydrogen-bond acceptors (Lipinski definition) is 2. The number of rotatable bonds is 3. The Hall–Kier alpha value is -1.43. The molecule has 1 rings (SSSR count). The van der Waals surface area contributed by atoms with Crippen LogP contribution in [0.2, 0.25) is 0 Å². The van der Waals surface area contributed by atoms with Crippen LogP contribution in [0.4, 0.5) is 23.7 Å². The zero-order valence-corrected chi connectivity index (χ0v) is 10.2. The zero-order chi connectivity index (χ0) is 13.8. The number of carbonyl (C=O) groups excluding carboxylic acids is 1. The van der Waals surface area contributed by atoms with E-state index in [1.807, 2.05) is 0 Å². The lowest BCUT2D eigenvalue weighted by Gasteiger charge is -2.12. The van der Waals surface area contributed by atoms with E-state index in [0.717, 1.165) is 24.3 Å². The molecule has 1 unspecified atom stereocenters. The van der Waals surface area contributed by atoms with Gasteiger partial charge in [-0.1, -0.05) is 0 Å². The second kappa shape index (κ2) is 5.95. The van der Waals surface area contributed by atoms with E-state index in [4.69, 9.17) is 16.3 Å². The lowest BCUT2D eigenvalue weighted by atomic mass is 10.2. The van der Waals surface area contributed by atoms with Gasteiger partial charge in [0.25, 0.3) is 0 Å². The van der Waals surface area contributed by atoms with Crippen molar-refractivity contribution in [2.45, 2.75) is 19.2 Å². The molecular formula is C11H11ClF3NO2. The lowest BCUT2D eigenvalue weighted by molar-refractivity contribution is -0.137. The van der Waals surface area contributed by atoms with Gasteiger partial charge in [-0.05, 0) is 31.2 Å². The van der Waals surface area contributed by atoms with Gasteiger partial charge in [-0.25, -0.2) is 4.79 Å². The van der Waals surface area contributed by atoms with Crippen molar-refractivity contribution in [2.75, 3.05) is 11.2 Å². The summed E-state index contributed by atoms with van der Waals surface area (Å²) in [6, 6.07) is 4.05. The number of benzene rings is 1. The molecule has 0 aromatic heterocycles. The highest BCUT2D eigenvalue weighted by Gasteiger charge is 2.29. The van der Waals surface area contributed by atoms with Crippen LogP contribution in [-0.4, -0.2) is 18.1 Å². The molecule has 0 fully saturated rings. The van der Waals surface area contributed by atoms with E-state index in [1.54, 1.807) is 6.92 Å². The summed E-state index contributed by atoms with van der Waals surface area (Å²) in [5.74, 6) is 0.139. The maximum absolute atomic E-state index is 12.3. The third-order valence-electron chi connectivity index (χ3n) is 1.98. The summed E-state index contributed by atoms with van der Waals surface area (Å²) < 4.78 is 41.6. The smallest absolute Gasteiger partial charge is 0.416 e. The van der Waals surface area contributed by atoms with E-state index in [1.165, 1.54) is 0 Å². The Bertz CT molecular complexity index is 406. The van der Waals surface area contributed by atoms with Gasteiger partial charge in [-0.2, -0.15) is 13.2 Å². The SMILES string of the molecule is CC(CCl)OC(=O)Nc1ccc(C(F)(F)F)cc1. The molecule has 1 atom stereocenters. The first kappa shape index (κ1) is 14.6. The fourth-order valence-electron chi connectivity index (χ4n) is 1.10. The van der Waals surface area contributed by atoms with Crippen molar-refractivity contribution in [3.05, 3.63) is 29.8 Å². The van der Waals surface area contributed by atoms with E-state index < -0.39 is 23.9 Å². The molecule has 1 aromatic carbocycles. The third-order valence-corrected chi connectivity index (χ3v) is 2.42. The Labute approximate surface area is 107 Å². The van der Waals surface area contributed by atoms with Crippen LogP contribution in [0.25, 0.3) is 0 Å². The second-order valence-corrected chi connectivity index (χ2v) is 3.88. The Morgan fingerprint density at radius 2 is 1.94 bits per heavy atom. The van der Waals surface area contributed by atoms with Gasteiger partial charge < -0.3 is 4.74 Å². The number of halogens is 4. The van der Waals surface area contributed by atoms with E-state index in [9.17, 15) is 18.0 Å². The number of anilines is 1. The molecule has 100 valence electrons. The Morgan fingerprint density at radius 1 is 1.39 bits per heavy atom. The third kappa shape index (κ3) is 4.44. The molecule has 1 amide bonds. The van der Waals surface area contributed by atoms with Crippen molar-refractivity contribution >= 4 is 23.4 Å². The van der Waals surface area contributed by atoms with Crippen molar-refractivity contribution in [3.63, 3.8) is 0 Å². The quantitative estimate of drug-likeness (QED) is 0.854. The van der Waals surface area contributed by atoms with E-state index in [-0.39, 0.29) is 11.6 Å². The van der Waals surface area contributed by atoms with Gasteiger partial charge in [0.1, 0.15) is 6.10 Å². The molecule has 3 nitrogen and oxygen atoms in total. The molecule has 18 heavy (non-hydrogen) atoms. The molecule has 1 aromatic rings. The average molecular weight is 282 g/mol. The van der Waals surface area contributed by atoms with Gasteiger partial charge in [0.2, 0.25) is 0 Å². The highest BCUT2D eigenvalue weighted by atomic mass is 35.5. The maximum atomic E-state index is 12.3. The normalized spacial score (nSPS) is 12.9. The van der Waals surface area contributed by atoms with Crippen LogP contribution in [0.3, 0.4) is 0 Å². The van der Waals surface area contributed by atoms with Crippen molar-refractivity contribution in [2.24, 2.45) is 0 Å². The minimum Gasteiger partial charge on any atom is -0.445 e.